The summed E-state index contributed by atoms with van der Waals surface area (Å²) in [7, 11) is 0. The molecule has 6 heteroatoms. The van der Waals surface area contributed by atoms with Gasteiger partial charge < -0.3 is 5.32 Å². The van der Waals surface area contributed by atoms with E-state index in [-0.39, 0.29) is 11.9 Å². The Balaban J connectivity index is 2.01. The molecular weight excluding hydrogens is 267 g/mol. The van der Waals surface area contributed by atoms with Gasteiger partial charge in [0.2, 0.25) is 5.95 Å². The molecule has 0 aliphatic heterocycles. The Morgan fingerprint density at radius 2 is 1.95 bits per heavy atom. The van der Waals surface area contributed by atoms with Gasteiger partial charge in [0.1, 0.15) is 5.69 Å². The minimum Gasteiger partial charge on any atom is -0.354 e. The highest BCUT2D eigenvalue weighted by molar-refractivity contribution is 5.32. The van der Waals surface area contributed by atoms with Crippen LogP contribution in [0.15, 0.2) is 6.07 Å². The van der Waals surface area contributed by atoms with Crippen molar-refractivity contribution in [1.82, 2.24) is 9.97 Å². The summed E-state index contributed by atoms with van der Waals surface area (Å²) in [6.07, 6.45) is 1.69. The second-order valence-electron chi connectivity index (χ2n) is 5.26. The minimum atomic E-state index is -4.41. The zero-order valence-electron chi connectivity index (χ0n) is 11.6. The molecule has 0 atom stereocenters. The first kappa shape index (κ1) is 15.1. The number of nitrogens with zero attached hydrogens (tertiary/aromatic N) is 2. The second-order valence-corrected chi connectivity index (χ2v) is 5.26. The quantitative estimate of drug-likeness (QED) is 0.757. The molecule has 0 amide bonds. The number of rotatable bonds is 7. The number of unbranched alkanes of at least 4 members (excludes halogenated alkanes) is 3. The molecule has 0 saturated heterocycles. The van der Waals surface area contributed by atoms with Gasteiger partial charge in [-0.25, -0.2) is 9.97 Å². The third-order valence-electron chi connectivity index (χ3n) is 3.35. The maximum atomic E-state index is 12.8. The topological polar surface area (TPSA) is 37.8 Å². The monoisotopic (exact) mass is 287 g/mol. The maximum absolute atomic E-state index is 12.8. The van der Waals surface area contributed by atoms with Crippen LogP contribution < -0.4 is 5.32 Å². The predicted molar refractivity (Wildman–Crippen MR) is 71.6 cm³/mol. The van der Waals surface area contributed by atoms with E-state index < -0.39 is 11.9 Å². The number of aromatic nitrogens is 2. The normalized spacial score (nSPS) is 15.4. The number of anilines is 1. The molecule has 112 valence electrons. The van der Waals surface area contributed by atoms with Gasteiger partial charge in [-0.15, -0.1) is 0 Å². The standard InChI is InChI=1S/C14H20F3N3/c1-2-3-4-5-8-18-13-19-11(10-6-7-10)9-12(20-13)14(15,16)17/h9-10H,2-8H2,1H3,(H,18,19,20). The van der Waals surface area contributed by atoms with Crippen molar-refractivity contribution >= 4 is 5.95 Å². The van der Waals surface area contributed by atoms with E-state index in [2.05, 4.69) is 22.2 Å². The first-order valence-electron chi connectivity index (χ1n) is 7.20. The molecule has 1 aliphatic rings. The van der Waals surface area contributed by atoms with Gasteiger partial charge in [-0.2, -0.15) is 13.2 Å². The molecule has 0 unspecified atom stereocenters. The van der Waals surface area contributed by atoms with E-state index in [1.165, 1.54) is 0 Å². The zero-order chi connectivity index (χ0) is 14.6. The van der Waals surface area contributed by atoms with Crippen molar-refractivity contribution in [3.63, 3.8) is 0 Å². The van der Waals surface area contributed by atoms with E-state index in [1.807, 2.05) is 0 Å². The highest BCUT2D eigenvalue weighted by Gasteiger charge is 2.35. The summed E-state index contributed by atoms with van der Waals surface area (Å²) in [6.45, 7) is 2.73. The van der Waals surface area contributed by atoms with Gasteiger partial charge in [-0.05, 0) is 25.3 Å². The van der Waals surface area contributed by atoms with Crippen LogP contribution >= 0.6 is 0 Å². The zero-order valence-corrected chi connectivity index (χ0v) is 11.6. The van der Waals surface area contributed by atoms with Crippen molar-refractivity contribution in [3.8, 4) is 0 Å². The molecule has 1 saturated carbocycles. The summed E-state index contributed by atoms with van der Waals surface area (Å²) in [5.74, 6) is 0.290. The summed E-state index contributed by atoms with van der Waals surface area (Å²) >= 11 is 0. The largest absolute Gasteiger partial charge is 0.433 e. The van der Waals surface area contributed by atoms with Crippen molar-refractivity contribution in [2.24, 2.45) is 0 Å². The molecule has 0 bridgehead atoms. The lowest BCUT2D eigenvalue weighted by atomic mass is 10.2. The van der Waals surface area contributed by atoms with Gasteiger partial charge in [0.25, 0.3) is 0 Å². The van der Waals surface area contributed by atoms with Gasteiger partial charge in [-0.3, -0.25) is 0 Å². The SMILES string of the molecule is CCCCCCNc1nc(C2CC2)cc(C(F)(F)F)n1. The average molecular weight is 287 g/mol. The third kappa shape index (κ3) is 4.35. The van der Waals surface area contributed by atoms with Gasteiger partial charge in [0.05, 0.1) is 0 Å². The first-order chi connectivity index (χ1) is 9.50. The van der Waals surface area contributed by atoms with E-state index in [4.69, 9.17) is 0 Å². The lowest BCUT2D eigenvalue weighted by Crippen LogP contribution is -2.14. The van der Waals surface area contributed by atoms with Crippen molar-refractivity contribution < 1.29 is 13.2 Å². The average Bonchev–Trinajstić information content (AvgIpc) is 3.21. The number of hydrogen-bond acceptors (Lipinski definition) is 3. The Bertz CT molecular complexity index is 442. The third-order valence-corrected chi connectivity index (χ3v) is 3.35. The molecule has 0 aromatic carbocycles. The van der Waals surface area contributed by atoms with Gasteiger partial charge >= 0.3 is 6.18 Å². The molecule has 0 spiro atoms. The summed E-state index contributed by atoms with van der Waals surface area (Å²) in [5.41, 5.74) is -0.325. The Morgan fingerprint density at radius 3 is 2.55 bits per heavy atom. The summed E-state index contributed by atoms with van der Waals surface area (Å²) < 4.78 is 38.4. The van der Waals surface area contributed by atoms with Crippen molar-refractivity contribution in [3.05, 3.63) is 17.5 Å². The Hall–Kier alpha value is -1.33. The van der Waals surface area contributed by atoms with Crippen molar-refractivity contribution in [2.45, 2.75) is 57.5 Å². The highest BCUT2D eigenvalue weighted by Crippen LogP contribution is 2.41. The lowest BCUT2D eigenvalue weighted by Gasteiger charge is -2.11. The van der Waals surface area contributed by atoms with Gasteiger partial charge in [0.15, 0.2) is 0 Å². The van der Waals surface area contributed by atoms with Crippen LogP contribution in [-0.4, -0.2) is 16.5 Å². The molecule has 3 nitrogen and oxygen atoms in total. The fourth-order valence-electron chi connectivity index (χ4n) is 2.03. The van der Waals surface area contributed by atoms with Crippen LogP contribution in [0.4, 0.5) is 19.1 Å². The van der Waals surface area contributed by atoms with E-state index in [1.54, 1.807) is 0 Å². The van der Waals surface area contributed by atoms with Crippen LogP contribution in [0.25, 0.3) is 0 Å². The molecular formula is C14H20F3N3. The van der Waals surface area contributed by atoms with Gasteiger partial charge in [0, 0.05) is 18.2 Å². The van der Waals surface area contributed by atoms with Crippen molar-refractivity contribution in [2.75, 3.05) is 11.9 Å². The molecule has 2 rings (SSSR count). The number of halogens is 3. The Morgan fingerprint density at radius 1 is 1.20 bits per heavy atom. The summed E-state index contributed by atoms with van der Waals surface area (Å²) in [4.78, 5) is 7.79. The fraction of sp³-hybridized carbons (Fsp3) is 0.714. The Kier molecular flexibility index (Phi) is 4.83. The van der Waals surface area contributed by atoms with E-state index in [9.17, 15) is 13.2 Å². The van der Waals surface area contributed by atoms with Gasteiger partial charge in [-0.1, -0.05) is 26.2 Å². The predicted octanol–water partition coefficient (Wildman–Crippen LogP) is 4.37. The van der Waals surface area contributed by atoms with E-state index in [0.717, 1.165) is 44.6 Å². The molecule has 0 radical (unpaired) electrons. The summed E-state index contributed by atoms with van der Waals surface area (Å²) in [6, 6.07) is 1.08. The van der Waals surface area contributed by atoms with Crippen LogP contribution in [0.5, 0.6) is 0 Å². The maximum Gasteiger partial charge on any atom is 0.433 e. The highest BCUT2D eigenvalue weighted by atomic mass is 19.4. The molecule has 1 N–H and O–H groups in total. The van der Waals surface area contributed by atoms with Crippen LogP contribution in [0.2, 0.25) is 0 Å². The van der Waals surface area contributed by atoms with Crippen LogP contribution in [0.3, 0.4) is 0 Å². The number of alkyl halides is 3. The first-order valence-corrected chi connectivity index (χ1v) is 7.20. The molecule has 1 heterocycles. The minimum absolute atomic E-state index is 0.109. The summed E-state index contributed by atoms with van der Waals surface area (Å²) in [5, 5.41) is 2.92. The fourth-order valence-corrected chi connectivity index (χ4v) is 2.03. The van der Waals surface area contributed by atoms with Crippen LogP contribution in [0.1, 0.15) is 62.8 Å². The smallest absolute Gasteiger partial charge is 0.354 e. The molecule has 1 aliphatic carbocycles. The molecule has 20 heavy (non-hydrogen) atoms. The van der Waals surface area contributed by atoms with E-state index in [0.29, 0.717) is 12.2 Å². The Labute approximate surface area is 117 Å². The van der Waals surface area contributed by atoms with Crippen LogP contribution in [-0.2, 0) is 6.18 Å². The molecule has 1 aromatic rings. The second kappa shape index (κ2) is 6.41. The lowest BCUT2D eigenvalue weighted by molar-refractivity contribution is -0.141. The number of hydrogen-bond donors (Lipinski definition) is 1. The molecule has 1 fully saturated rings. The number of nitrogens with one attached hydrogen (secondary N) is 1. The van der Waals surface area contributed by atoms with Crippen LogP contribution in [0, 0.1) is 0 Å². The molecule has 1 aromatic heterocycles. The van der Waals surface area contributed by atoms with Crippen molar-refractivity contribution in [1.29, 1.82) is 0 Å². The van der Waals surface area contributed by atoms with E-state index >= 15 is 0 Å².